The van der Waals surface area contributed by atoms with Crippen molar-refractivity contribution in [1.82, 2.24) is 0 Å². The monoisotopic (exact) mass is 636 g/mol. The maximum Gasteiger partial charge on any atom is 0.147 e. The van der Waals surface area contributed by atoms with Crippen LogP contribution in [0.15, 0.2) is 124 Å². The summed E-state index contributed by atoms with van der Waals surface area (Å²) < 4.78 is 12.9. The van der Waals surface area contributed by atoms with Gasteiger partial charge < -0.3 is 8.83 Å². The van der Waals surface area contributed by atoms with Crippen molar-refractivity contribution in [3.8, 4) is 33.4 Å². The quantitative estimate of drug-likeness (QED) is 0.170. The molecular weight excluding hydrogens is 605 g/mol. The lowest BCUT2D eigenvalue weighted by atomic mass is 9.83. The van der Waals surface area contributed by atoms with Gasteiger partial charge in [0, 0.05) is 27.1 Å². The third-order valence-corrected chi connectivity index (χ3v) is 9.95. The van der Waals surface area contributed by atoms with Crippen LogP contribution in [-0.2, 0) is 0 Å². The molecule has 2 aromatic heterocycles. The van der Waals surface area contributed by atoms with Gasteiger partial charge in [0.15, 0.2) is 0 Å². The van der Waals surface area contributed by atoms with Gasteiger partial charge in [-0.2, -0.15) is 0 Å². The highest BCUT2D eigenvalue weighted by atomic mass is 32.1. The topological polar surface area (TPSA) is 26.3 Å². The minimum atomic E-state index is 0.832. The molecule has 8 aromatic rings. The molecule has 2 heterocycles. The Balaban J connectivity index is 1.36. The van der Waals surface area contributed by atoms with Crippen molar-refractivity contribution in [2.75, 3.05) is 0 Å². The molecule has 9 rings (SSSR count). The first-order chi connectivity index (χ1) is 23.7. The zero-order chi connectivity index (χ0) is 32.2. The van der Waals surface area contributed by atoms with E-state index in [2.05, 4.69) is 128 Å². The number of para-hydroxylation sites is 1. The van der Waals surface area contributed by atoms with Gasteiger partial charge in [0.2, 0.25) is 0 Å². The predicted octanol–water partition coefficient (Wildman–Crippen LogP) is 11.6. The number of allylic oxidation sites excluding steroid dienone is 1. The van der Waals surface area contributed by atoms with E-state index in [9.17, 15) is 0 Å². The van der Waals surface area contributed by atoms with E-state index in [-0.39, 0.29) is 0 Å². The summed E-state index contributed by atoms with van der Waals surface area (Å²) in [6.07, 6.45) is 12.3. The van der Waals surface area contributed by atoms with Crippen molar-refractivity contribution in [3.63, 3.8) is 0 Å². The molecule has 0 saturated carbocycles. The second kappa shape index (κ2) is 11.6. The molecular formula is C45H32O2S. The Bertz CT molecular complexity index is 2710. The van der Waals surface area contributed by atoms with Crippen LogP contribution in [0.4, 0.5) is 0 Å². The van der Waals surface area contributed by atoms with E-state index >= 15 is 0 Å². The van der Waals surface area contributed by atoms with Crippen LogP contribution in [0, 0.1) is 0 Å². The molecule has 3 heteroatoms. The zero-order valence-electron chi connectivity index (χ0n) is 26.6. The fourth-order valence-corrected chi connectivity index (χ4v) is 7.85. The van der Waals surface area contributed by atoms with E-state index in [0.717, 1.165) is 79.8 Å². The molecule has 0 saturated heterocycles. The van der Waals surface area contributed by atoms with Crippen molar-refractivity contribution in [1.29, 1.82) is 0 Å². The lowest BCUT2D eigenvalue weighted by Crippen LogP contribution is -2.33. The molecule has 0 unspecified atom stereocenters. The van der Waals surface area contributed by atoms with Gasteiger partial charge in [-0.3, -0.25) is 0 Å². The Kier molecular flexibility index (Phi) is 6.95. The molecule has 0 spiro atoms. The Hall–Kier alpha value is -5.51. The number of hydrogen-bond acceptors (Lipinski definition) is 3. The summed E-state index contributed by atoms with van der Waals surface area (Å²) in [5, 5.41) is 8.66. The van der Waals surface area contributed by atoms with Crippen LogP contribution in [0.25, 0.3) is 95.5 Å². The third kappa shape index (κ3) is 4.42. The molecule has 0 radical (unpaired) electrons. The van der Waals surface area contributed by atoms with Crippen LogP contribution in [0.1, 0.15) is 37.3 Å². The Morgan fingerprint density at radius 2 is 1.27 bits per heavy atom. The maximum absolute atomic E-state index is 6.72. The normalized spacial score (nSPS) is 12.9. The van der Waals surface area contributed by atoms with Gasteiger partial charge in [-0.15, -0.1) is 0 Å². The first-order valence-corrected chi connectivity index (χ1v) is 17.2. The molecule has 0 amide bonds. The van der Waals surface area contributed by atoms with Crippen LogP contribution in [0.3, 0.4) is 0 Å². The van der Waals surface area contributed by atoms with Gasteiger partial charge in [-0.25, -0.2) is 0 Å². The Morgan fingerprint density at radius 3 is 2.06 bits per heavy atom. The van der Waals surface area contributed by atoms with Crippen molar-refractivity contribution >= 4 is 79.7 Å². The Morgan fingerprint density at radius 1 is 0.583 bits per heavy atom. The highest BCUT2D eigenvalue weighted by Gasteiger charge is 2.23. The zero-order valence-corrected chi connectivity index (χ0v) is 27.4. The summed E-state index contributed by atoms with van der Waals surface area (Å²) in [5.41, 5.74) is 12.8. The van der Waals surface area contributed by atoms with Gasteiger partial charge in [0.1, 0.15) is 22.3 Å². The van der Waals surface area contributed by atoms with E-state index in [1.165, 1.54) is 38.3 Å². The molecule has 1 aliphatic carbocycles. The smallest absolute Gasteiger partial charge is 0.147 e. The number of thiocarbonyl (C=S) groups is 1. The summed E-state index contributed by atoms with van der Waals surface area (Å²) in [4.78, 5) is 0. The molecule has 0 atom stereocenters. The highest BCUT2D eigenvalue weighted by molar-refractivity contribution is 7.79. The number of fused-ring (bicyclic) bond motifs is 8. The number of rotatable bonds is 6. The fraction of sp³-hybridized carbons (Fsp3) is 0.0889. The molecule has 230 valence electrons. The fourth-order valence-electron chi connectivity index (χ4n) is 7.60. The molecule has 2 nitrogen and oxygen atoms in total. The molecule has 0 N–H and O–H groups in total. The van der Waals surface area contributed by atoms with Crippen LogP contribution >= 0.6 is 12.2 Å². The van der Waals surface area contributed by atoms with Gasteiger partial charge in [-0.05, 0) is 92.9 Å². The first-order valence-electron chi connectivity index (χ1n) is 16.7. The van der Waals surface area contributed by atoms with Crippen LogP contribution < -0.4 is 10.4 Å². The molecule has 6 aromatic carbocycles. The van der Waals surface area contributed by atoms with Crippen molar-refractivity contribution in [3.05, 3.63) is 137 Å². The van der Waals surface area contributed by atoms with E-state index in [0.29, 0.717) is 0 Å². The average Bonchev–Trinajstić information content (AvgIpc) is 3.72. The van der Waals surface area contributed by atoms with Crippen LogP contribution in [-0.4, -0.2) is 5.37 Å². The summed E-state index contributed by atoms with van der Waals surface area (Å²) in [7, 11) is 0. The number of hydrogen-bond donors (Lipinski definition) is 0. The molecule has 0 bridgehead atoms. The third-order valence-electron chi connectivity index (χ3n) is 9.71. The highest BCUT2D eigenvalue weighted by Crippen LogP contribution is 2.43. The minimum Gasteiger partial charge on any atom is -0.456 e. The maximum atomic E-state index is 6.72. The minimum absolute atomic E-state index is 0.832. The van der Waals surface area contributed by atoms with Gasteiger partial charge >= 0.3 is 0 Å². The van der Waals surface area contributed by atoms with Crippen molar-refractivity contribution < 1.29 is 8.83 Å². The number of benzene rings is 6. The number of furan rings is 2. The molecule has 0 fully saturated rings. The Labute approximate surface area is 283 Å². The molecule has 1 aliphatic rings. The second-order valence-electron chi connectivity index (χ2n) is 12.5. The van der Waals surface area contributed by atoms with Crippen molar-refractivity contribution in [2.45, 2.75) is 26.2 Å². The average molecular weight is 637 g/mol. The molecule has 48 heavy (non-hydrogen) atoms. The standard InChI is InChI=1S/C45H32O2S/c1-2-3-14-33-37(27-48)42(32-16-8-7-15-31(32)41(33)30-23-21-29(22-24-30)28-12-5-4-6-13-28)35-18-11-20-39-43(35)36-25-26-40-44(45(36)47-39)34-17-9-10-19-38(34)46-40/h3-6,9-27H,2,7-8H2,1H3/b14-3-. The second-order valence-corrected chi connectivity index (χ2v) is 12.7. The lowest BCUT2D eigenvalue weighted by molar-refractivity contribution is 0.663. The largest absolute Gasteiger partial charge is 0.456 e. The van der Waals surface area contributed by atoms with E-state index in [4.69, 9.17) is 21.1 Å². The van der Waals surface area contributed by atoms with Crippen LogP contribution in [0.5, 0.6) is 0 Å². The molecule has 0 aliphatic heterocycles. The van der Waals surface area contributed by atoms with Crippen LogP contribution in [0.2, 0.25) is 0 Å². The summed E-state index contributed by atoms with van der Waals surface area (Å²) in [6, 6.07) is 38.4. The SMILES string of the molecule is CC/C=C\c1c(C=S)c(-c2cccc3oc4c(ccc5oc6ccccc6c54)c23)c2c(c1-c1ccc(-c3ccccc3)cc1)=CCCC=2. The van der Waals surface area contributed by atoms with E-state index in [1.54, 1.807) is 0 Å². The van der Waals surface area contributed by atoms with Gasteiger partial charge in [0.25, 0.3) is 0 Å². The summed E-state index contributed by atoms with van der Waals surface area (Å²) in [6.45, 7) is 2.18. The lowest BCUT2D eigenvalue weighted by Gasteiger charge is -2.20. The van der Waals surface area contributed by atoms with Gasteiger partial charge in [-0.1, -0.05) is 128 Å². The van der Waals surface area contributed by atoms with E-state index in [1.807, 2.05) is 17.5 Å². The predicted molar refractivity (Wildman–Crippen MR) is 207 cm³/mol. The summed E-state index contributed by atoms with van der Waals surface area (Å²) >= 11 is 5.93. The van der Waals surface area contributed by atoms with E-state index < -0.39 is 0 Å². The van der Waals surface area contributed by atoms with Crippen molar-refractivity contribution in [2.24, 2.45) is 0 Å². The van der Waals surface area contributed by atoms with Gasteiger partial charge in [0.05, 0.1) is 5.39 Å². The first kappa shape index (κ1) is 28.7. The summed E-state index contributed by atoms with van der Waals surface area (Å²) in [5.74, 6) is 0.